The van der Waals surface area contributed by atoms with E-state index in [1.54, 1.807) is 7.11 Å². The molecule has 1 unspecified atom stereocenters. The molecule has 2 rings (SSSR count). The van der Waals surface area contributed by atoms with Crippen molar-refractivity contribution in [3.63, 3.8) is 0 Å². The van der Waals surface area contributed by atoms with E-state index in [-0.39, 0.29) is 6.10 Å². The van der Waals surface area contributed by atoms with Crippen LogP contribution in [0.3, 0.4) is 0 Å². The summed E-state index contributed by atoms with van der Waals surface area (Å²) in [4.78, 5) is 0. The Bertz CT molecular complexity index is 401. The van der Waals surface area contributed by atoms with Crippen LogP contribution in [-0.4, -0.2) is 18.3 Å². The van der Waals surface area contributed by atoms with Crippen molar-refractivity contribution in [2.45, 2.75) is 52.1 Å². The van der Waals surface area contributed by atoms with Crippen LogP contribution in [0.15, 0.2) is 24.3 Å². The van der Waals surface area contributed by atoms with Crippen molar-refractivity contribution < 1.29 is 9.84 Å². The van der Waals surface area contributed by atoms with Crippen LogP contribution in [0, 0.1) is 11.3 Å². The second kappa shape index (κ2) is 5.96. The molecule has 19 heavy (non-hydrogen) atoms. The van der Waals surface area contributed by atoms with E-state index in [0.717, 1.165) is 24.2 Å². The van der Waals surface area contributed by atoms with Gasteiger partial charge in [-0.3, -0.25) is 0 Å². The molecule has 0 aromatic heterocycles. The lowest BCUT2D eigenvalue weighted by Gasteiger charge is -2.36. The number of hydrogen-bond donors (Lipinski definition) is 1. The van der Waals surface area contributed by atoms with Gasteiger partial charge in [-0.15, -0.1) is 0 Å². The molecule has 0 radical (unpaired) electrons. The van der Waals surface area contributed by atoms with E-state index in [9.17, 15) is 5.11 Å². The first-order valence-corrected chi connectivity index (χ1v) is 7.32. The average molecular weight is 262 g/mol. The van der Waals surface area contributed by atoms with E-state index in [1.165, 1.54) is 12.8 Å². The lowest BCUT2D eigenvalue weighted by Crippen LogP contribution is -2.30. The Morgan fingerprint density at radius 2 is 1.89 bits per heavy atom. The van der Waals surface area contributed by atoms with Gasteiger partial charge < -0.3 is 9.84 Å². The van der Waals surface area contributed by atoms with Gasteiger partial charge in [-0.25, -0.2) is 0 Å². The molecule has 2 nitrogen and oxygen atoms in total. The lowest BCUT2D eigenvalue weighted by molar-refractivity contribution is 0.0572. The van der Waals surface area contributed by atoms with Crippen molar-refractivity contribution in [1.82, 2.24) is 0 Å². The maximum atomic E-state index is 10.5. The summed E-state index contributed by atoms with van der Waals surface area (Å²) in [5.41, 5.74) is 1.57. The fraction of sp³-hybridized carbons (Fsp3) is 0.647. The number of methoxy groups -OCH3 is 1. The number of ether oxygens (including phenoxy) is 1. The van der Waals surface area contributed by atoms with Gasteiger partial charge in [-0.1, -0.05) is 32.0 Å². The molecule has 1 aliphatic carbocycles. The Labute approximate surface area is 116 Å². The Morgan fingerprint density at radius 3 is 2.53 bits per heavy atom. The third-order valence-corrected chi connectivity index (χ3v) is 4.55. The van der Waals surface area contributed by atoms with Gasteiger partial charge in [0.1, 0.15) is 5.75 Å². The second-order valence-corrected chi connectivity index (χ2v) is 6.58. The molecule has 1 aliphatic rings. The van der Waals surface area contributed by atoms with E-state index in [2.05, 4.69) is 19.9 Å². The Morgan fingerprint density at radius 1 is 1.26 bits per heavy atom. The standard InChI is InChI=1S/C17H26O2/c1-17(2)10-8-13(9-11-17)15(18)12-14-6-4-5-7-16(14)19-3/h4-7,13,15,18H,8-12H2,1-3H3. The van der Waals surface area contributed by atoms with Crippen LogP contribution in [0.2, 0.25) is 0 Å². The molecule has 1 aromatic carbocycles. The zero-order valence-electron chi connectivity index (χ0n) is 12.4. The largest absolute Gasteiger partial charge is 0.496 e. The van der Waals surface area contributed by atoms with Gasteiger partial charge in [0.15, 0.2) is 0 Å². The highest BCUT2D eigenvalue weighted by Crippen LogP contribution is 2.39. The first-order chi connectivity index (χ1) is 9.02. The molecular weight excluding hydrogens is 236 g/mol. The minimum absolute atomic E-state index is 0.243. The van der Waals surface area contributed by atoms with Crippen molar-refractivity contribution in [1.29, 1.82) is 0 Å². The number of aliphatic hydroxyl groups is 1. The number of hydrogen-bond acceptors (Lipinski definition) is 2. The van der Waals surface area contributed by atoms with Crippen LogP contribution >= 0.6 is 0 Å². The Kier molecular flexibility index (Phi) is 4.51. The molecule has 0 bridgehead atoms. The summed E-state index contributed by atoms with van der Waals surface area (Å²) in [7, 11) is 1.69. The topological polar surface area (TPSA) is 29.5 Å². The zero-order chi connectivity index (χ0) is 13.9. The van der Waals surface area contributed by atoms with Gasteiger partial charge in [0.2, 0.25) is 0 Å². The molecule has 1 fully saturated rings. The van der Waals surface area contributed by atoms with E-state index in [1.807, 2.05) is 18.2 Å². The maximum absolute atomic E-state index is 10.5. The molecule has 0 aliphatic heterocycles. The zero-order valence-corrected chi connectivity index (χ0v) is 12.4. The maximum Gasteiger partial charge on any atom is 0.122 e. The molecule has 0 spiro atoms. The second-order valence-electron chi connectivity index (χ2n) is 6.58. The fourth-order valence-electron chi connectivity index (χ4n) is 3.07. The average Bonchev–Trinajstić information content (AvgIpc) is 2.39. The summed E-state index contributed by atoms with van der Waals surface area (Å²) in [6.45, 7) is 4.66. The summed E-state index contributed by atoms with van der Waals surface area (Å²) in [5.74, 6) is 1.33. The highest BCUT2D eigenvalue weighted by molar-refractivity contribution is 5.33. The van der Waals surface area contributed by atoms with Crippen LogP contribution in [0.25, 0.3) is 0 Å². The number of benzene rings is 1. The predicted molar refractivity (Wildman–Crippen MR) is 78.4 cm³/mol. The van der Waals surface area contributed by atoms with Crippen LogP contribution in [0.4, 0.5) is 0 Å². The molecular formula is C17H26O2. The van der Waals surface area contributed by atoms with E-state index >= 15 is 0 Å². The summed E-state index contributed by atoms with van der Waals surface area (Å²) >= 11 is 0. The Hall–Kier alpha value is -1.02. The number of para-hydroxylation sites is 1. The van der Waals surface area contributed by atoms with Gasteiger partial charge in [0.05, 0.1) is 13.2 Å². The molecule has 1 atom stereocenters. The number of aliphatic hydroxyl groups excluding tert-OH is 1. The Balaban J connectivity index is 1.96. The smallest absolute Gasteiger partial charge is 0.122 e. The van der Waals surface area contributed by atoms with E-state index < -0.39 is 0 Å². The first kappa shape index (κ1) is 14.4. The predicted octanol–water partition coefficient (Wildman–Crippen LogP) is 3.82. The molecule has 106 valence electrons. The quantitative estimate of drug-likeness (QED) is 0.894. The van der Waals surface area contributed by atoms with Gasteiger partial charge in [-0.2, -0.15) is 0 Å². The number of rotatable bonds is 4. The molecule has 1 saturated carbocycles. The minimum atomic E-state index is -0.243. The summed E-state index contributed by atoms with van der Waals surface area (Å²) in [5, 5.41) is 10.5. The van der Waals surface area contributed by atoms with Crippen LogP contribution in [0.1, 0.15) is 45.1 Å². The van der Waals surface area contributed by atoms with Crippen molar-refractivity contribution in [3.8, 4) is 5.75 Å². The van der Waals surface area contributed by atoms with Crippen molar-refractivity contribution in [3.05, 3.63) is 29.8 Å². The van der Waals surface area contributed by atoms with Gasteiger partial charge in [-0.05, 0) is 48.6 Å². The van der Waals surface area contributed by atoms with Crippen molar-refractivity contribution in [2.75, 3.05) is 7.11 Å². The van der Waals surface area contributed by atoms with Crippen LogP contribution in [0.5, 0.6) is 5.75 Å². The third kappa shape index (κ3) is 3.73. The fourth-order valence-corrected chi connectivity index (χ4v) is 3.07. The van der Waals surface area contributed by atoms with Gasteiger partial charge >= 0.3 is 0 Å². The SMILES string of the molecule is COc1ccccc1CC(O)C1CCC(C)(C)CC1. The van der Waals surface area contributed by atoms with Crippen molar-refractivity contribution >= 4 is 0 Å². The first-order valence-electron chi connectivity index (χ1n) is 7.32. The summed E-state index contributed by atoms with van der Waals surface area (Å²) < 4.78 is 5.36. The molecule has 0 amide bonds. The molecule has 2 heteroatoms. The van der Waals surface area contributed by atoms with Crippen LogP contribution < -0.4 is 4.74 Å². The van der Waals surface area contributed by atoms with Gasteiger partial charge in [0.25, 0.3) is 0 Å². The summed E-state index contributed by atoms with van der Waals surface area (Å²) in [6, 6.07) is 7.99. The highest BCUT2D eigenvalue weighted by Gasteiger charge is 2.30. The molecule has 1 aromatic rings. The normalized spacial score (nSPS) is 21.1. The molecule has 0 saturated heterocycles. The summed E-state index contributed by atoms with van der Waals surface area (Å²) in [6.07, 6.45) is 5.19. The molecule has 0 heterocycles. The minimum Gasteiger partial charge on any atom is -0.496 e. The lowest BCUT2D eigenvalue weighted by atomic mass is 9.71. The molecule has 1 N–H and O–H groups in total. The monoisotopic (exact) mass is 262 g/mol. The van der Waals surface area contributed by atoms with Crippen molar-refractivity contribution in [2.24, 2.45) is 11.3 Å². The van der Waals surface area contributed by atoms with E-state index in [0.29, 0.717) is 17.8 Å². The van der Waals surface area contributed by atoms with E-state index in [4.69, 9.17) is 4.74 Å². The highest BCUT2D eigenvalue weighted by atomic mass is 16.5. The third-order valence-electron chi connectivity index (χ3n) is 4.55. The van der Waals surface area contributed by atoms with Gasteiger partial charge in [0, 0.05) is 6.42 Å². The van der Waals surface area contributed by atoms with Crippen LogP contribution in [-0.2, 0) is 6.42 Å².